The molecule has 0 saturated carbocycles. The molecule has 0 aliphatic carbocycles. The first-order chi connectivity index (χ1) is 6.93. The predicted molar refractivity (Wildman–Crippen MR) is 41.8 cm³/mol. The van der Waals surface area contributed by atoms with Crippen molar-refractivity contribution in [2.75, 3.05) is 0 Å². The van der Waals surface area contributed by atoms with E-state index in [2.05, 4.69) is 5.10 Å². The van der Waals surface area contributed by atoms with Crippen molar-refractivity contribution in [3.05, 3.63) is 22.0 Å². The highest BCUT2D eigenvalue weighted by atomic mass is 19.3. The van der Waals surface area contributed by atoms with Gasteiger partial charge in [-0.2, -0.15) is 5.10 Å². The fourth-order valence-corrected chi connectivity index (χ4v) is 0.998. The molecule has 0 spiro atoms. The van der Waals surface area contributed by atoms with Crippen LogP contribution in [0.1, 0.15) is 10.5 Å². The molecule has 15 heavy (non-hydrogen) atoms. The summed E-state index contributed by atoms with van der Waals surface area (Å²) in [6.45, 7) is -0.991. The summed E-state index contributed by atoms with van der Waals surface area (Å²) in [6.07, 6.45) is -2.20. The van der Waals surface area contributed by atoms with E-state index >= 15 is 0 Å². The molecular weight excluding hydrogens is 216 g/mol. The molecule has 1 rings (SSSR count). The average molecular weight is 221 g/mol. The lowest BCUT2D eigenvalue weighted by Crippen LogP contribution is -2.15. The normalized spacial score (nSPS) is 10.6. The molecule has 0 atom stereocenters. The number of aromatic nitrogens is 2. The maximum absolute atomic E-state index is 12.0. The third kappa shape index (κ3) is 2.24. The Morgan fingerprint density at radius 1 is 1.73 bits per heavy atom. The van der Waals surface area contributed by atoms with E-state index in [1.807, 2.05) is 0 Å². The van der Waals surface area contributed by atoms with Gasteiger partial charge in [0.25, 0.3) is 6.43 Å². The molecule has 0 radical (unpaired) electrons. The van der Waals surface area contributed by atoms with Crippen LogP contribution in [0.4, 0.5) is 14.5 Å². The van der Waals surface area contributed by atoms with Gasteiger partial charge in [-0.3, -0.25) is 10.1 Å². The zero-order chi connectivity index (χ0) is 11.6. The molecule has 0 aliphatic rings. The zero-order valence-corrected chi connectivity index (χ0v) is 7.13. The van der Waals surface area contributed by atoms with Crippen molar-refractivity contribution in [2.45, 2.75) is 13.0 Å². The number of nitrogens with zero attached hydrogens (tertiary/aromatic N) is 3. The van der Waals surface area contributed by atoms with Gasteiger partial charge >= 0.3 is 11.7 Å². The molecule has 7 nitrogen and oxygen atoms in total. The van der Waals surface area contributed by atoms with E-state index in [1.54, 1.807) is 0 Å². The second-order valence-corrected chi connectivity index (χ2v) is 2.51. The minimum absolute atomic E-state index is 0.394. The van der Waals surface area contributed by atoms with E-state index in [9.17, 15) is 23.7 Å². The van der Waals surface area contributed by atoms with Crippen molar-refractivity contribution in [3.8, 4) is 0 Å². The summed E-state index contributed by atoms with van der Waals surface area (Å²) in [6, 6.07) is 0. The van der Waals surface area contributed by atoms with Crippen LogP contribution in [0, 0.1) is 10.1 Å². The van der Waals surface area contributed by atoms with Crippen LogP contribution in [0.25, 0.3) is 0 Å². The third-order valence-corrected chi connectivity index (χ3v) is 1.53. The van der Waals surface area contributed by atoms with Crippen LogP contribution in [0.15, 0.2) is 6.20 Å². The molecule has 0 saturated heterocycles. The Balaban J connectivity index is 3.18. The first kappa shape index (κ1) is 11.0. The van der Waals surface area contributed by atoms with E-state index < -0.39 is 35.2 Å². The molecule has 1 aromatic rings. The molecule has 0 fully saturated rings. The fraction of sp³-hybridized carbons (Fsp3) is 0.333. The van der Waals surface area contributed by atoms with Crippen LogP contribution in [-0.4, -0.2) is 32.2 Å². The third-order valence-electron chi connectivity index (χ3n) is 1.53. The van der Waals surface area contributed by atoms with Crippen LogP contribution < -0.4 is 0 Å². The van der Waals surface area contributed by atoms with Crippen molar-refractivity contribution in [1.82, 2.24) is 9.78 Å². The number of aromatic carboxylic acids is 1. The average Bonchev–Trinajstić information content (AvgIpc) is 2.46. The number of carbonyl (C=O) groups is 1. The van der Waals surface area contributed by atoms with Gasteiger partial charge in [0.05, 0.1) is 4.92 Å². The maximum atomic E-state index is 12.0. The lowest BCUT2D eigenvalue weighted by molar-refractivity contribution is -0.385. The largest absolute Gasteiger partial charge is 0.476 e. The Morgan fingerprint density at radius 3 is 2.73 bits per heavy atom. The van der Waals surface area contributed by atoms with Crippen molar-refractivity contribution in [2.24, 2.45) is 0 Å². The topological polar surface area (TPSA) is 98.3 Å². The summed E-state index contributed by atoms with van der Waals surface area (Å²) in [5.41, 5.74) is -1.65. The van der Waals surface area contributed by atoms with Gasteiger partial charge in [-0.1, -0.05) is 0 Å². The molecular formula is C6H5F2N3O4. The summed E-state index contributed by atoms with van der Waals surface area (Å²) in [5, 5.41) is 22.1. The van der Waals surface area contributed by atoms with Gasteiger partial charge in [0.2, 0.25) is 5.69 Å². The van der Waals surface area contributed by atoms with Crippen LogP contribution in [-0.2, 0) is 6.54 Å². The first-order valence-electron chi connectivity index (χ1n) is 3.65. The number of rotatable bonds is 4. The zero-order valence-electron chi connectivity index (χ0n) is 7.13. The number of halogens is 2. The van der Waals surface area contributed by atoms with Gasteiger partial charge in [-0.25, -0.2) is 18.3 Å². The molecule has 0 aliphatic heterocycles. The Hall–Kier alpha value is -2.06. The smallest absolute Gasteiger partial charge is 0.361 e. The fourth-order valence-electron chi connectivity index (χ4n) is 0.998. The standard InChI is InChI=1S/C6H5F2N3O4/c7-4(8)2-10-5(6(12)13)3(1-9-10)11(14)15/h1,4H,2H2,(H,12,13). The van der Waals surface area contributed by atoms with Gasteiger partial charge in [-0.05, 0) is 0 Å². The number of hydrogen-bond acceptors (Lipinski definition) is 4. The van der Waals surface area contributed by atoms with Crippen LogP contribution >= 0.6 is 0 Å². The Bertz CT molecular complexity index is 403. The molecule has 1 heterocycles. The molecule has 0 unspecified atom stereocenters. The molecule has 0 bridgehead atoms. The highest BCUT2D eigenvalue weighted by Gasteiger charge is 2.27. The molecule has 1 aromatic heterocycles. The SMILES string of the molecule is O=C(O)c1c([N+](=O)[O-])cnn1CC(F)F. The van der Waals surface area contributed by atoms with E-state index in [-0.39, 0.29) is 0 Å². The number of alkyl halides is 2. The summed E-state index contributed by atoms with van der Waals surface area (Å²) >= 11 is 0. The van der Waals surface area contributed by atoms with Gasteiger partial charge in [0.15, 0.2) is 0 Å². The minimum Gasteiger partial charge on any atom is -0.476 e. The highest BCUT2D eigenvalue weighted by molar-refractivity contribution is 5.90. The second kappa shape index (κ2) is 3.98. The van der Waals surface area contributed by atoms with E-state index in [0.29, 0.717) is 10.9 Å². The molecule has 0 amide bonds. The van der Waals surface area contributed by atoms with E-state index in [0.717, 1.165) is 0 Å². The lowest BCUT2D eigenvalue weighted by atomic mass is 10.3. The Labute approximate surface area is 81.1 Å². The number of carboxylic acid groups (broad SMARTS) is 1. The second-order valence-electron chi connectivity index (χ2n) is 2.51. The predicted octanol–water partition coefficient (Wildman–Crippen LogP) is 0.755. The summed E-state index contributed by atoms with van der Waals surface area (Å²) in [4.78, 5) is 19.9. The van der Waals surface area contributed by atoms with Gasteiger partial charge in [-0.15, -0.1) is 0 Å². The van der Waals surface area contributed by atoms with E-state index in [1.165, 1.54) is 0 Å². The molecule has 1 N–H and O–H groups in total. The van der Waals surface area contributed by atoms with Gasteiger partial charge in [0, 0.05) is 0 Å². The van der Waals surface area contributed by atoms with Crippen molar-refractivity contribution in [1.29, 1.82) is 0 Å². The van der Waals surface area contributed by atoms with Crippen molar-refractivity contribution >= 4 is 11.7 Å². The summed E-state index contributed by atoms with van der Waals surface area (Å²) in [7, 11) is 0. The highest BCUT2D eigenvalue weighted by Crippen LogP contribution is 2.18. The van der Waals surface area contributed by atoms with Crippen LogP contribution in [0.5, 0.6) is 0 Å². The number of nitro groups is 1. The molecule has 9 heteroatoms. The Kier molecular flexibility index (Phi) is 2.93. The van der Waals surface area contributed by atoms with Crippen LogP contribution in [0.3, 0.4) is 0 Å². The Morgan fingerprint density at radius 2 is 2.33 bits per heavy atom. The van der Waals surface area contributed by atoms with Gasteiger partial charge < -0.3 is 5.11 Å². The van der Waals surface area contributed by atoms with Crippen LogP contribution in [0.2, 0.25) is 0 Å². The monoisotopic (exact) mass is 221 g/mol. The summed E-state index contributed by atoms with van der Waals surface area (Å²) in [5.74, 6) is -1.67. The van der Waals surface area contributed by atoms with E-state index in [4.69, 9.17) is 5.11 Å². The van der Waals surface area contributed by atoms with Crippen molar-refractivity contribution < 1.29 is 23.6 Å². The number of carboxylic acids is 1. The molecule has 0 aromatic carbocycles. The minimum atomic E-state index is -2.83. The molecule has 82 valence electrons. The summed E-state index contributed by atoms with van der Waals surface area (Å²) < 4.78 is 24.3. The van der Waals surface area contributed by atoms with Gasteiger partial charge in [0.1, 0.15) is 12.7 Å². The lowest BCUT2D eigenvalue weighted by Gasteiger charge is -2.01. The van der Waals surface area contributed by atoms with Crippen molar-refractivity contribution in [3.63, 3.8) is 0 Å². The quantitative estimate of drug-likeness (QED) is 0.597. The number of hydrogen-bond donors (Lipinski definition) is 1. The first-order valence-corrected chi connectivity index (χ1v) is 3.65. The maximum Gasteiger partial charge on any atom is 0.361 e.